The fourth-order valence-corrected chi connectivity index (χ4v) is 0.968. The van der Waals surface area contributed by atoms with E-state index < -0.39 is 0 Å². The second kappa shape index (κ2) is 4.74. The van der Waals surface area contributed by atoms with Crippen molar-refractivity contribution in [1.82, 2.24) is 4.90 Å². The molecule has 0 spiro atoms. The molecule has 0 aromatic rings. The van der Waals surface area contributed by atoms with Crippen LogP contribution in [-0.2, 0) is 0 Å². The third kappa shape index (κ3) is 2.90. The topological polar surface area (TPSA) is 46.5 Å². The zero-order valence-corrected chi connectivity index (χ0v) is 9.33. The third-order valence-corrected chi connectivity index (χ3v) is 1.52. The van der Waals surface area contributed by atoms with Crippen LogP contribution in [0.1, 0.15) is 6.42 Å². The molecular formula is C6H10KNO2. The van der Waals surface area contributed by atoms with Crippen molar-refractivity contribution >= 4 is 0 Å². The molecule has 0 amide bonds. The predicted molar refractivity (Wildman–Crippen MR) is 31.3 cm³/mol. The number of aliphatic hydroxyl groups is 1. The summed E-state index contributed by atoms with van der Waals surface area (Å²) in [5, 5.41) is 19.4. The maximum Gasteiger partial charge on any atom is 1.00 e. The Balaban J connectivity index is 0.000000810. The SMILES string of the molecule is C=C([O-])N1CCC(O)C1.[K+]. The molecule has 0 aromatic carbocycles. The van der Waals surface area contributed by atoms with E-state index in [1.54, 1.807) is 4.90 Å². The first-order chi connectivity index (χ1) is 4.20. The second-order valence-corrected chi connectivity index (χ2v) is 2.28. The smallest absolute Gasteiger partial charge is 0.861 e. The van der Waals surface area contributed by atoms with E-state index >= 15 is 0 Å². The number of rotatable bonds is 1. The van der Waals surface area contributed by atoms with Gasteiger partial charge in [0.2, 0.25) is 0 Å². The van der Waals surface area contributed by atoms with E-state index in [0.29, 0.717) is 19.5 Å². The van der Waals surface area contributed by atoms with Gasteiger partial charge in [-0.2, -0.15) is 0 Å². The van der Waals surface area contributed by atoms with E-state index in [1.165, 1.54) is 0 Å². The van der Waals surface area contributed by atoms with Crippen LogP contribution in [0, 0.1) is 0 Å². The molecular weight excluding hydrogens is 157 g/mol. The normalized spacial score (nSPS) is 24.1. The largest absolute Gasteiger partial charge is 1.00 e. The summed E-state index contributed by atoms with van der Waals surface area (Å²) in [5.74, 6) is -0.188. The van der Waals surface area contributed by atoms with E-state index in [-0.39, 0.29) is 63.4 Å². The number of hydrogen-bond donors (Lipinski definition) is 1. The van der Waals surface area contributed by atoms with Crippen LogP contribution >= 0.6 is 0 Å². The number of hydrogen-bond acceptors (Lipinski definition) is 3. The molecule has 1 aliphatic rings. The van der Waals surface area contributed by atoms with Gasteiger partial charge in [0.1, 0.15) is 0 Å². The first-order valence-corrected chi connectivity index (χ1v) is 2.99. The molecule has 1 aliphatic heterocycles. The van der Waals surface area contributed by atoms with Crippen molar-refractivity contribution in [2.45, 2.75) is 12.5 Å². The Morgan fingerprint density at radius 1 is 1.70 bits per heavy atom. The fraction of sp³-hybridized carbons (Fsp3) is 0.667. The summed E-state index contributed by atoms with van der Waals surface area (Å²) in [5.41, 5.74) is 0. The molecule has 1 unspecified atom stereocenters. The van der Waals surface area contributed by atoms with Gasteiger partial charge in [-0.05, 0) is 12.3 Å². The fourth-order valence-electron chi connectivity index (χ4n) is 0.968. The van der Waals surface area contributed by atoms with Crippen LogP contribution in [0.3, 0.4) is 0 Å². The van der Waals surface area contributed by atoms with E-state index in [9.17, 15) is 5.11 Å². The van der Waals surface area contributed by atoms with Gasteiger partial charge in [0.25, 0.3) is 0 Å². The van der Waals surface area contributed by atoms with Crippen molar-refractivity contribution in [1.29, 1.82) is 0 Å². The van der Waals surface area contributed by atoms with Gasteiger partial charge in [0.05, 0.1) is 6.10 Å². The Kier molecular flexibility index (Phi) is 5.19. The van der Waals surface area contributed by atoms with E-state index in [1.807, 2.05) is 0 Å². The molecule has 1 atom stereocenters. The summed E-state index contributed by atoms with van der Waals surface area (Å²) in [4.78, 5) is 1.55. The van der Waals surface area contributed by atoms with Crippen molar-refractivity contribution in [3.05, 3.63) is 12.5 Å². The Labute approximate surface area is 103 Å². The minimum atomic E-state index is -0.323. The van der Waals surface area contributed by atoms with E-state index in [0.717, 1.165) is 0 Å². The minimum absolute atomic E-state index is 0. The van der Waals surface area contributed by atoms with Gasteiger partial charge in [-0.15, -0.1) is 0 Å². The van der Waals surface area contributed by atoms with Crippen LogP contribution in [0.4, 0.5) is 0 Å². The number of nitrogens with zero attached hydrogens (tertiary/aromatic N) is 1. The monoisotopic (exact) mass is 167 g/mol. The molecule has 0 aliphatic carbocycles. The predicted octanol–water partition coefficient (Wildman–Crippen LogP) is -4.11. The van der Waals surface area contributed by atoms with Crippen molar-refractivity contribution in [3.8, 4) is 0 Å². The van der Waals surface area contributed by atoms with Gasteiger partial charge in [-0.25, -0.2) is 0 Å². The Morgan fingerprint density at radius 3 is 2.50 bits per heavy atom. The van der Waals surface area contributed by atoms with Gasteiger partial charge in [-0.1, -0.05) is 6.58 Å². The van der Waals surface area contributed by atoms with Gasteiger partial charge in [-0.3, -0.25) is 0 Å². The average Bonchev–Trinajstić information content (AvgIpc) is 2.14. The van der Waals surface area contributed by atoms with Crippen molar-refractivity contribution in [3.63, 3.8) is 0 Å². The molecule has 1 heterocycles. The van der Waals surface area contributed by atoms with Crippen molar-refractivity contribution < 1.29 is 61.6 Å². The maximum atomic E-state index is 10.5. The van der Waals surface area contributed by atoms with E-state index in [2.05, 4.69) is 6.58 Å². The molecule has 52 valence electrons. The summed E-state index contributed by atoms with van der Waals surface area (Å²) >= 11 is 0. The van der Waals surface area contributed by atoms with Crippen molar-refractivity contribution in [2.24, 2.45) is 0 Å². The molecule has 10 heavy (non-hydrogen) atoms. The molecule has 3 nitrogen and oxygen atoms in total. The zero-order chi connectivity index (χ0) is 6.85. The summed E-state index contributed by atoms with van der Waals surface area (Å²) in [6, 6.07) is 0. The summed E-state index contributed by atoms with van der Waals surface area (Å²) < 4.78 is 0. The first kappa shape index (κ1) is 10.9. The Bertz CT molecular complexity index is 129. The summed E-state index contributed by atoms with van der Waals surface area (Å²) in [7, 11) is 0. The standard InChI is InChI=1S/C6H11NO2.K/c1-5(8)7-3-2-6(9)4-7;/h6,8-9H,1-4H2;/q;+1/p-1. The van der Waals surface area contributed by atoms with Gasteiger partial charge < -0.3 is 15.1 Å². The molecule has 1 N–H and O–H groups in total. The molecule has 0 aromatic heterocycles. The quantitative estimate of drug-likeness (QED) is 0.319. The minimum Gasteiger partial charge on any atom is -0.861 e. The molecule has 4 heteroatoms. The zero-order valence-electron chi connectivity index (χ0n) is 6.21. The maximum absolute atomic E-state index is 10.5. The van der Waals surface area contributed by atoms with Gasteiger partial charge in [0, 0.05) is 13.1 Å². The summed E-state index contributed by atoms with van der Waals surface area (Å²) in [6.45, 7) is 4.35. The van der Waals surface area contributed by atoms with Gasteiger partial charge in [0.15, 0.2) is 0 Å². The molecule has 1 fully saturated rings. The molecule has 1 saturated heterocycles. The molecule has 1 rings (SSSR count). The second-order valence-electron chi connectivity index (χ2n) is 2.28. The average molecular weight is 167 g/mol. The third-order valence-electron chi connectivity index (χ3n) is 1.52. The Hall–Kier alpha value is 0.936. The van der Waals surface area contributed by atoms with Crippen molar-refractivity contribution in [2.75, 3.05) is 13.1 Å². The van der Waals surface area contributed by atoms with Crippen LogP contribution < -0.4 is 56.5 Å². The first-order valence-electron chi connectivity index (χ1n) is 2.99. The Morgan fingerprint density at radius 2 is 2.30 bits per heavy atom. The van der Waals surface area contributed by atoms with Crippen LogP contribution in [0.2, 0.25) is 0 Å². The summed E-state index contributed by atoms with van der Waals surface area (Å²) in [6.07, 6.45) is 0.372. The van der Waals surface area contributed by atoms with Crippen LogP contribution in [0.25, 0.3) is 0 Å². The van der Waals surface area contributed by atoms with Crippen LogP contribution in [-0.4, -0.2) is 29.2 Å². The van der Waals surface area contributed by atoms with Crippen LogP contribution in [0.5, 0.6) is 0 Å². The number of likely N-dealkylation sites (tertiary alicyclic amines) is 1. The number of β-amino-alcohol motifs (C(OH)–C–C–N with tert-alkyl or cyclic N) is 1. The number of aliphatic hydroxyl groups excluding tert-OH is 1. The van der Waals surface area contributed by atoms with Crippen LogP contribution in [0.15, 0.2) is 12.5 Å². The molecule has 0 saturated carbocycles. The van der Waals surface area contributed by atoms with E-state index in [4.69, 9.17) is 5.11 Å². The molecule has 0 radical (unpaired) electrons. The molecule has 0 bridgehead atoms. The van der Waals surface area contributed by atoms with Gasteiger partial charge >= 0.3 is 51.4 Å².